The fraction of sp³-hybridized carbons (Fsp3) is 0.417. The zero-order chi connectivity index (χ0) is 14.6. The molecule has 0 aliphatic carbocycles. The van der Waals surface area contributed by atoms with E-state index in [1.165, 1.54) is 18.2 Å². The minimum atomic E-state index is -3.70. The first kappa shape index (κ1) is 15.2. The molecule has 0 saturated carbocycles. The number of ether oxygens (including phenoxy) is 1. The highest BCUT2D eigenvalue weighted by Crippen LogP contribution is 2.22. The van der Waals surface area contributed by atoms with Gasteiger partial charge in [-0.1, -0.05) is 11.6 Å². The lowest BCUT2D eigenvalue weighted by atomic mass is 10.2. The second-order valence-corrected chi connectivity index (χ2v) is 6.48. The number of nitrogens with zero attached hydrogens (tertiary/aromatic N) is 1. The molecule has 1 aromatic rings. The van der Waals surface area contributed by atoms with Gasteiger partial charge in [-0.2, -0.15) is 5.26 Å². The number of hydrogen-bond donors (Lipinski definition) is 2. The van der Waals surface area contributed by atoms with E-state index in [4.69, 9.17) is 21.6 Å². The number of nitriles is 1. The number of morpholine rings is 1. The summed E-state index contributed by atoms with van der Waals surface area (Å²) in [5.41, 5.74) is 0.316. The van der Waals surface area contributed by atoms with Crippen LogP contribution in [0.2, 0.25) is 5.02 Å². The number of nitrogens with one attached hydrogen (secondary N) is 2. The molecule has 1 atom stereocenters. The van der Waals surface area contributed by atoms with Gasteiger partial charge in [-0.15, -0.1) is 0 Å². The van der Waals surface area contributed by atoms with E-state index in [1.807, 2.05) is 6.07 Å². The highest BCUT2D eigenvalue weighted by molar-refractivity contribution is 7.89. The summed E-state index contributed by atoms with van der Waals surface area (Å²) in [6.07, 6.45) is 0. The van der Waals surface area contributed by atoms with Gasteiger partial charge in [0.25, 0.3) is 0 Å². The summed E-state index contributed by atoms with van der Waals surface area (Å²) < 4.78 is 32.0. The van der Waals surface area contributed by atoms with E-state index >= 15 is 0 Å². The number of sulfonamides is 1. The molecule has 1 unspecified atom stereocenters. The Morgan fingerprint density at radius 3 is 2.95 bits per heavy atom. The van der Waals surface area contributed by atoms with Crippen molar-refractivity contribution < 1.29 is 13.2 Å². The smallest absolute Gasteiger partial charge is 0.242 e. The van der Waals surface area contributed by atoms with Gasteiger partial charge in [-0.3, -0.25) is 0 Å². The molecule has 1 saturated heterocycles. The molecular formula is C12H14ClN3O3S. The first-order valence-electron chi connectivity index (χ1n) is 6.03. The normalized spacial score (nSPS) is 19.5. The standard InChI is InChI=1S/C12H14ClN3O3S/c13-11-5-9(6-14)1-2-12(11)20(17,18)16-7-10-8-19-4-3-15-10/h1-2,5,10,15-16H,3-4,7-8H2. The van der Waals surface area contributed by atoms with Crippen molar-refractivity contribution in [2.75, 3.05) is 26.3 Å². The molecule has 2 rings (SSSR count). The summed E-state index contributed by atoms with van der Waals surface area (Å²) in [7, 11) is -3.70. The predicted molar refractivity (Wildman–Crippen MR) is 74.0 cm³/mol. The molecular weight excluding hydrogens is 302 g/mol. The second-order valence-electron chi connectivity index (χ2n) is 4.33. The van der Waals surface area contributed by atoms with E-state index in [1.54, 1.807) is 0 Å². The average molecular weight is 316 g/mol. The Balaban J connectivity index is 2.08. The van der Waals surface area contributed by atoms with E-state index in [9.17, 15) is 8.42 Å². The van der Waals surface area contributed by atoms with Crippen LogP contribution < -0.4 is 10.0 Å². The fourth-order valence-corrected chi connectivity index (χ4v) is 3.45. The van der Waals surface area contributed by atoms with E-state index in [0.29, 0.717) is 25.3 Å². The molecule has 1 aliphatic heterocycles. The maximum absolute atomic E-state index is 12.1. The second kappa shape index (κ2) is 6.52. The van der Waals surface area contributed by atoms with Crippen molar-refractivity contribution in [2.24, 2.45) is 0 Å². The van der Waals surface area contributed by atoms with Crippen molar-refractivity contribution in [1.29, 1.82) is 5.26 Å². The van der Waals surface area contributed by atoms with Crippen LogP contribution in [0.25, 0.3) is 0 Å². The molecule has 8 heteroatoms. The Labute approximate surface area is 122 Å². The number of hydrogen-bond acceptors (Lipinski definition) is 5. The maximum atomic E-state index is 12.1. The van der Waals surface area contributed by atoms with Crippen molar-refractivity contribution in [3.05, 3.63) is 28.8 Å². The van der Waals surface area contributed by atoms with Gasteiger partial charge in [0.2, 0.25) is 10.0 Å². The van der Waals surface area contributed by atoms with Gasteiger partial charge in [0, 0.05) is 19.1 Å². The van der Waals surface area contributed by atoms with Gasteiger partial charge in [0.05, 0.1) is 29.9 Å². The maximum Gasteiger partial charge on any atom is 0.242 e. The van der Waals surface area contributed by atoms with Gasteiger partial charge in [0.15, 0.2) is 0 Å². The van der Waals surface area contributed by atoms with Crippen LogP contribution in [0.3, 0.4) is 0 Å². The largest absolute Gasteiger partial charge is 0.378 e. The van der Waals surface area contributed by atoms with Crippen LogP contribution in [0.4, 0.5) is 0 Å². The highest BCUT2D eigenvalue weighted by Gasteiger charge is 2.21. The summed E-state index contributed by atoms with van der Waals surface area (Å²) in [5.74, 6) is 0. The molecule has 20 heavy (non-hydrogen) atoms. The van der Waals surface area contributed by atoms with Crippen molar-refractivity contribution >= 4 is 21.6 Å². The van der Waals surface area contributed by atoms with Gasteiger partial charge < -0.3 is 10.1 Å². The summed E-state index contributed by atoms with van der Waals surface area (Å²) in [6, 6.07) is 5.92. The first-order valence-corrected chi connectivity index (χ1v) is 7.89. The molecule has 1 fully saturated rings. The lowest BCUT2D eigenvalue weighted by Gasteiger charge is -2.23. The molecule has 2 N–H and O–H groups in total. The lowest BCUT2D eigenvalue weighted by Crippen LogP contribution is -2.48. The van der Waals surface area contributed by atoms with Crippen LogP contribution in [0.5, 0.6) is 0 Å². The third-order valence-corrected chi connectivity index (χ3v) is 4.78. The monoisotopic (exact) mass is 315 g/mol. The van der Waals surface area contributed by atoms with Gasteiger partial charge in [-0.05, 0) is 18.2 Å². The summed E-state index contributed by atoms with van der Waals surface area (Å²) in [4.78, 5) is -0.0325. The highest BCUT2D eigenvalue weighted by atomic mass is 35.5. The van der Waals surface area contributed by atoms with Gasteiger partial charge in [-0.25, -0.2) is 13.1 Å². The minimum Gasteiger partial charge on any atom is -0.378 e. The quantitative estimate of drug-likeness (QED) is 0.843. The number of rotatable bonds is 4. The molecule has 0 radical (unpaired) electrons. The Bertz CT molecular complexity index is 621. The fourth-order valence-electron chi connectivity index (χ4n) is 1.83. The van der Waals surface area contributed by atoms with Crippen molar-refractivity contribution in [1.82, 2.24) is 10.0 Å². The number of halogens is 1. The van der Waals surface area contributed by atoms with Gasteiger partial charge >= 0.3 is 0 Å². The summed E-state index contributed by atoms with van der Waals surface area (Å²) >= 11 is 5.90. The van der Waals surface area contributed by atoms with E-state index in [0.717, 1.165) is 0 Å². The van der Waals surface area contributed by atoms with Crippen LogP contribution in [0.1, 0.15) is 5.56 Å². The van der Waals surface area contributed by atoms with Crippen LogP contribution in [-0.2, 0) is 14.8 Å². The lowest BCUT2D eigenvalue weighted by molar-refractivity contribution is 0.0784. The summed E-state index contributed by atoms with van der Waals surface area (Å²) in [5, 5.41) is 11.9. The predicted octanol–water partition coefficient (Wildman–Crippen LogP) is 0.478. The Kier molecular flexibility index (Phi) is 4.96. The Morgan fingerprint density at radius 2 is 2.35 bits per heavy atom. The topological polar surface area (TPSA) is 91.2 Å². The van der Waals surface area contributed by atoms with Crippen LogP contribution >= 0.6 is 11.6 Å². The molecule has 1 aromatic carbocycles. The first-order chi connectivity index (χ1) is 9.53. The average Bonchev–Trinajstić information content (AvgIpc) is 2.46. The summed E-state index contributed by atoms with van der Waals surface area (Å²) in [6.45, 7) is 2.01. The molecule has 0 bridgehead atoms. The molecule has 6 nitrogen and oxygen atoms in total. The van der Waals surface area contributed by atoms with Gasteiger partial charge in [0.1, 0.15) is 4.90 Å². The zero-order valence-electron chi connectivity index (χ0n) is 10.6. The number of benzene rings is 1. The van der Waals surface area contributed by atoms with E-state index in [2.05, 4.69) is 10.0 Å². The third kappa shape index (κ3) is 3.69. The molecule has 1 heterocycles. The molecule has 1 aliphatic rings. The zero-order valence-corrected chi connectivity index (χ0v) is 12.2. The molecule has 0 amide bonds. The van der Waals surface area contributed by atoms with Crippen LogP contribution in [0, 0.1) is 11.3 Å². The Hall–Kier alpha value is -1.17. The molecule has 0 spiro atoms. The Morgan fingerprint density at radius 1 is 1.55 bits per heavy atom. The van der Waals surface area contributed by atoms with Crippen LogP contribution in [0.15, 0.2) is 23.1 Å². The van der Waals surface area contributed by atoms with Crippen molar-refractivity contribution in [3.63, 3.8) is 0 Å². The van der Waals surface area contributed by atoms with E-state index < -0.39 is 10.0 Å². The SMILES string of the molecule is N#Cc1ccc(S(=O)(=O)NCC2COCCN2)c(Cl)c1. The minimum absolute atomic E-state index is 0.0319. The van der Waals surface area contributed by atoms with Crippen LogP contribution in [-0.4, -0.2) is 40.8 Å². The van der Waals surface area contributed by atoms with Crippen molar-refractivity contribution in [3.8, 4) is 6.07 Å². The van der Waals surface area contributed by atoms with E-state index in [-0.39, 0.29) is 22.5 Å². The molecule has 0 aromatic heterocycles. The van der Waals surface area contributed by atoms with Crippen molar-refractivity contribution in [2.45, 2.75) is 10.9 Å². The molecule has 108 valence electrons. The third-order valence-electron chi connectivity index (χ3n) is 2.87.